The Kier molecular flexibility index (Phi) is 5.03. The van der Waals surface area contributed by atoms with Crippen LogP contribution in [0.25, 0.3) is 11.0 Å². The first kappa shape index (κ1) is 17.0. The van der Waals surface area contributed by atoms with E-state index in [1.807, 2.05) is 56.5 Å². The molecule has 0 unspecified atom stereocenters. The van der Waals surface area contributed by atoms with Gasteiger partial charge in [-0.15, -0.1) is 0 Å². The SMILES string of the molecule is CN(C)C(=NCc1ccc(Cn2cnc3ccccc32)cc1)N(C)C. The number of fused-ring (bicyclic) bond motifs is 1. The predicted octanol–water partition coefficient (Wildman–Crippen LogP) is 3.06. The van der Waals surface area contributed by atoms with E-state index in [-0.39, 0.29) is 0 Å². The van der Waals surface area contributed by atoms with Crippen LogP contribution in [0.3, 0.4) is 0 Å². The lowest BCUT2D eigenvalue weighted by Crippen LogP contribution is -2.35. The molecule has 0 aliphatic heterocycles. The fourth-order valence-electron chi connectivity index (χ4n) is 2.93. The normalized spacial score (nSPS) is 10.7. The molecule has 0 radical (unpaired) electrons. The maximum Gasteiger partial charge on any atom is 0.195 e. The number of rotatable bonds is 4. The Balaban J connectivity index is 1.71. The van der Waals surface area contributed by atoms with E-state index in [4.69, 9.17) is 4.99 Å². The molecular weight excluding hydrogens is 310 g/mol. The van der Waals surface area contributed by atoms with Gasteiger partial charge in [0.2, 0.25) is 0 Å². The van der Waals surface area contributed by atoms with Crippen LogP contribution in [0.1, 0.15) is 11.1 Å². The van der Waals surface area contributed by atoms with Gasteiger partial charge in [-0.2, -0.15) is 0 Å². The average Bonchev–Trinajstić information content (AvgIpc) is 2.99. The number of aromatic nitrogens is 2. The highest BCUT2D eigenvalue weighted by Crippen LogP contribution is 2.15. The minimum Gasteiger partial charge on any atom is -0.349 e. The summed E-state index contributed by atoms with van der Waals surface area (Å²) >= 11 is 0. The number of nitrogens with zero attached hydrogens (tertiary/aromatic N) is 5. The number of aliphatic imine (C=N–C) groups is 1. The molecule has 0 N–H and O–H groups in total. The van der Waals surface area contributed by atoms with Gasteiger partial charge in [0.1, 0.15) is 0 Å². The minimum atomic E-state index is 0.681. The first-order valence-electron chi connectivity index (χ1n) is 8.41. The Morgan fingerprint density at radius 1 is 0.920 bits per heavy atom. The Labute approximate surface area is 149 Å². The standard InChI is InChI=1S/C20H25N5/c1-23(2)20(24(3)4)21-13-16-9-11-17(12-10-16)14-25-15-22-18-7-5-6-8-19(18)25/h5-12,15H,13-14H2,1-4H3. The van der Waals surface area contributed by atoms with Crippen LogP contribution in [-0.2, 0) is 13.1 Å². The third kappa shape index (κ3) is 3.99. The van der Waals surface area contributed by atoms with Crippen LogP contribution >= 0.6 is 0 Å². The molecule has 0 saturated carbocycles. The van der Waals surface area contributed by atoms with Crippen molar-refractivity contribution >= 4 is 17.0 Å². The summed E-state index contributed by atoms with van der Waals surface area (Å²) in [5.41, 5.74) is 4.67. The van der Waals surface area contributed by atoms with Gasteiger partial charge < -0.3 is 14.4 Å². The molecule has 5 heteroatoms. The fourth-order valence-corrected chi connectivity index (χ4v) is 2.93. The maximum atomic E-state index is 4.69. The van der Waals surface area contributed by atoms with Crippen molar-refractivity contribution in [3.63, 3.8) is 0 Å². The summed E-state index contributed by atoms with van der Waals surface area (Å²) in [4.78, 5) is 13.2. The summed E-state index contributed by atoms with van der Waals surface area (Å²) in [6.07, 6.45) is 1.91. The number of imidazole rings is 1. The second-order valence-electron chi connectivity index (χ2n) is 6.58. The lowest BCUT2D eigenvalue weighted by atomic mass is 10.1. The average molecular weight is 335 g/mol. The molecule has 3 aromatic rings. The number of hydrogen-bond acceptors (Lipinski definition) is 2. The Hall–Kier alpha value is -2.82. The molecule has 0 spiro atoms. The molecule has 130 valence electrons. The second-order valence-corrected chi connectivity index (χ2v) is 6.58. The van der Waals surface area contributed by atoms with Crippen molar-refractivity contribution in [2.24, 2.45) is 4.99 Å². The van der Waals surface area contributed by atoms with E-state index in [1.54, 1.807) is 0 Å². The third-order valence-corrected chi connectivity index (χ3v) is 4.11. The van der Waals surface area contributed by atoms with Crippen LogP contribution in [0.15, 0.2) is 59.9 Å². The first-order valence-corrected chi connectivity index (χ1v) is 8.41. The Morgan fingerprint density at radius 2 is 1.56 bits per heavy atom. The topological polar surface area (TPSA) is 36.7 Å². The molecule has 0 atom stereocenters. The molecule has 0 bridgehead atoms. The van der Waals surface area contributed by atoms with Crippen LogP contribution in [0, 0.1) is 0 Å². The van der Waals surface area contributed by atoms with Gasteiger partial charge in [0.05, 0.1) is 23.9 Å². The van der Waals surface area contributed by atoms with Gasteiger partial charge in [0.15, 0.2) is 5.96 Å². The van der Waals surface area contributed by atoms with Crippen molar-refractivity contribution in [2.75, 3.05) is 28.2 Å². The van der Waals surface area contributed by atoms with Crippen LogP contribution in [0.4, 0.5) is 0 Å². The van der Waals surface area contributed by atoms with Gasteiger partial charge in [0.25, 0.3) is 0 Å². The molecule has 0 aliphatic carbocycles. The maximum absolute atomic E-state index is 4.69. The zero-order valence-electron chi connectivity index (χ0n) is 15.3. The monoisotopic (exact) mass is 335 g/mol. The van der Waals surface area contributed by atoms with Crippen molar-refractivity contribution in [2.45, 2.75) is 13.1 Å². The number of para-hydroxylation sites is 2. The van der Waals surface area contributed by atoms with Crippen LogP contribution in [0.5, 0.6) is 0 Å². The number of hydrogen-bond donors (Lipinski definition) is 0. The van der Waals surface area contributed by atoms with Gasteiger partial charge in [0, 0.05) is 34.7 Å². The molecule has 0 amide bonds. The van der Waals surface area contributed by atoms with Gasteiger partial charge in [-0.3, -0.25) is 0 Å². The summed E-state index contributed by atoms with van der Waals surface area (Å²) in [7, 11) is 8.05. The van der Waals surface area contributed by atoms with Crippen molar-refractivity contribution < 1.29 is 0 Å². The molecule has 5 nitrogen and oxygen atoms in total. The summed E-state index contributed by atoms with van der Waals surface area (Å²) in [6, 6.07) is 16.9. The fraction of sp³-hybridized carbons (Fsp3) is 0.300. The molecule has 1 aromatic heterocycles. The first-order chi connectivity index (χ1) is 12.0. The highest BCUT2D eigenvalue weighted by molar-refractivity contribution is 5.79. The van der Waals surface area contributed by atoms with Gasteiger partial charge in [-0.1, -0.05) is 36.4 Å². The zero-order chi connectivity index (χ0) is 17.8. The quantitative estimate of drug-likeness (QED) is 0.543. The van der Waals surface area contributed by atoms with Crippen LogP contribution in [0.2, 0.25) is 0 Å². The van der Waals surface area contributed by atoms with E-state index >= 15 is 0 Å². The van der Waals surface area contributed by atoms with Crippen molar-refractivity contribution in [3.05, 3.63) is 66.0 Å². The highest BCUT2D eigenvalue weighted by Gasteiger charge is 2.05. The van der Waals surface area contributed by atoms with E-state index in [0.29, 0.717) is 6.54 Å². The lowest BCUT2D eigenvalue weighted by molar-refractivity contribution is 0.479. The molecule has 0 saturated heterocycles. The molecule has 0 aliphatic rings. The van der Waals surface area contributed by atoms with Crippen LogP contribution < -0.4 is 0 Å². The Bertz CT molecular complexity index is 849. The summed E-state index contributed by atoms with van der Waals surface area (Å²) in [6.45, 7) is 1.50. The summed E-state index contributed by atoms with van der Waals surface area (Å²) in [5, 5.41) is 0. The van der Waals surface area contributed by atoms with Crippen LogP contribution in [-0.4, -0.2) is 53.5 Å². The van der Waals surface area contributed by atoms with Crippen molar-refractivity contribution in [1.29, 1.82) is 0 Å². The van der Waals surface area contributed by atoms with Crippen molar-refractivity contribution in [3.8, 4) is 0 Å². The largest absolute Gasteiger partial charge is 0.349 e. The smallest absolute Gasteiger partial charge is 0.195 e. The van der Waals surface area contributed by atoms with Gasteiger partial charge in [-0.25, -0.2) is 9.98 Å². The summed E-state index contributed by atoms with van der Waals surface area (Å²) < 4.78 is 2.18. The Morgan fingerprint density at radius 3 is 2.24 bits per heavy atom. The third-order valence-electron chi connectivity index (χ3n) is 4.11. The van der Waals surface area contributed by atoms with E-state index in [2.05, 4.69) is 45.9 Å². The lowest BCUT2D eigenvalue weighted by Gasteiger charge is -2.22. The molecule has 25 heavy (non-hydrogen) atoms. The number of benzene rings is 2. The molecule has 1 heterocycles. The molecule has 0 fully saturated rings. The molecular formula is C20H25N5. The zero-order valence-corrected chi connectivity index (χ0v) is 15.3. The predicted molar refractivity (Wildman–Crippen MR) is 104 cm³/mol. The highest BCUT2D eigenvalue weighted by atomic mass is 15.3. The van der Waals surface area contributed by atoms with E-state index < -0.39 is 0 Å². The van der Waals surface area contributed by atoms with E-state index in [9.17, 15) is 0 Å². The van der Waals surface area contributed by atoms with Gasteiger partial charge >= 0.3 is 0 Å². The summed E-state index contributed by atoms with van der Waals surface area (Å²) in [5.74, 6) is 0.967. The minimum absolute atomic E-state index is 0.681. The molecule has 2 aromatic carbocycles. The molecule has 3 rings (SSSR count). The number of guanidine groups is 1. The second kappa shape index (κ2) is 7.38. The van der Waals surface area contributed by atoms with E-state index in [1.165, 1.54) is 11.1 Å². The van der Waals surface area contributed by atoms with Crippen molar-refractivity contribution in [1.82, 2.24) is 19.4 Å². The van der Waals surface area contributed by atoms with E-state index in [0.717, 1.165) is 23.5 Å². The van der Waals surface area contributed by atoms with Gasteiger partial charge in [-0.05, 0) is 23.3 Å².